The lowest BCUT2D eigenvalue weighted by Gasteiger charge is -2.47. The molecule has 2 N–H and O–H groups in total. The first-order valence-corrected chi connectivity index (χ1v) is 7.40. The highest BCUT2D eigenvalue weighted by atomic mass is 16.2. The fraction of sp³-hybridized carbons (Fsp3) is 0.812. The van der Waals surface area contributed by atoms with Crippen molar-refractivity contribution < 1.29 is 4.79 Å². The maximum atomic E-state index is 12.8. The lowest BCUT2D eigenvalue weighted by atomic mass is 9.60. The van der Waals surface area contributed by atoms with E-state index in [0.29, 0.717) is 12.5 Å². The number of nitrogens with two attached hydrogens (primary N) is 1. The number of hydrogen-bond donors (Lipinski definition) is 1. The van der Waals surface area contributed by atoms with Gasteiger partial charge in [0.1, 0.15) is 0 Å². The molecule has 0 aromatic rings. The molecule has 0 spiro atoms. The third-order valence-corrected chi connectivity index (χ3v) is 5.03. The topological polar surface area (TPSA) is 46.3 Å². The van der Waals surface area contributed by atoms with Crippen molar-refractivity contribution in [3.8, 4) is 0 Å². The Morgan fingerprint density at radius 2 is 2.05 bits per heavy atom. The van der Waals surface area contributed by atoms with Gasteiger partial charge in [0.05, 0.1) is 0 Å². The highest BCUT2D eigenvalue weighted by Gasteiger charge is 2.46. The van der Waals surface area contributed by atoms with E-state index in [9.17, 15) is 4.79 Å². The second kappa shape index (κ2) is 6.08. The lowest BCUT2D eigenvalue weighted by Crippen LogP contribution is -2.53. The Kier molecular flexibility index (Phi) is 5.19. The summed E-state index contributed by atoms with van der Waals surface area (Å²) in [7, 11) is 0. The predicted octanol–water partition coefficient (Wildman–Crippen LogP) is 2.81. The SMILES string of the molecule is C=CCN(C(=O)C1CCC(N)C(C)C1(C)C)C(C)C. The van der Waals surface area contributed by atoms with Crippen molar-refractivity contribution >= 4 is 5.91 Å². The van der Waals surface area contributed by atoms with E-state index in [-0.39, 0.29) is 29.3 Å². The van der Waals surface area contributed by atoms with Gasteiger partial charge in [0.25, 0.3) is 0 Å². The van der Waals surface area contributed by atoms with Crippen LogP contribution < -0.4 is 5.73 Å². The molecule has 1 amide bonds. The molecule has 0 radical (unpaired) electrons. The van der Waals surface area contributed by atoms with Crippen molar-refractivity contribution in [2.75, 3.05) is 6.54 Å². The molecule has 1 aliphatic rings. The van der Waals surface area contributed by atoms with Crippen molar-refractivity contribution in [1.29, 1.82) is 0 Å². The van der Waals surface area contributed by atoms with Gasteiger partial charge in [-0.05, 0) is 38.0 Å². The molecule has 3 unspecified atom stereocenters. The second-order valence-corrected chi connectivity index (χ2v) is 6.78. The van der Waals surface area contributed by atoms with Crippen LogP contribution in [0.25, 0.3) is 0 Å². The quantitative estimate of drug-likeness (QED) is 0.795. The molecule has 3 nitrogen and oxygen atoms in total. The molecule has 3 atom stereocenters. The Morgan fingerprint density at radius 1 is 1.47 bits per heavy atom. The maximum absolute atomic E-state index is 12.8. The molecule has 0 aliphatic heterocycles. The van der Waals surface area contributed by atoms with Gasteiger partial charge in [-0.1, -0.05) is 26.8 Å². The van der Waals surface area contributed by atoms with Crippen molar-refractivity contribution in [2.45, 2.75) is 59.5 Å². The molecule has 1 aliphatic carbocycles. The van der Waals surface area contributed by atoms with Crippen molar-refractivity contribution in [1.82, 2.24) is 4.90 Å². The minimum absolute atomic E-state index is 0.0386. The van der Waals surface area contributed by atoms with Gasteiger partial charge in [0.15, 0.2) is 0 Å². The Morgan fingerprint density at radius 3 is 2.53 bits per heavy atom. The van der Waals surface area contributed by atoms with Crippen LogP contribution >= 0.6 is 0 Å². The van der Waals surface area contributed by atoms with Crippen LogP contribution in [0.5, 0.6) is 0 Å². The summed E-state index contributed by atoms with van der Waals surface area (Å²) in [6.45, 7) is 15.1. The van der Waals surface area contributed by atoms with Gasteiger partial charge in [-0.2, -0.15) is 0 Å². The summed E-state index contributed by atoms with van der Waals surface area (Å²) in [6, 6.07) is 0.429. The zero-order chi connectivity index (χ0) is 14.8. The first-order valence-electron chi connectivity index (χ1n) is 7.40. The lowest BCUT2D eigenvalue weighted by molar-refractivity contribution is -0.144. The number of rotatable bonds is 4. The molecule has 0 aromatic carbocycles. The van der Waals surface area contributed by atoms with Crippen LogP contribution in [-0.4, -0.2) is 29.4 Å². The molecule has 110 valence electrons. The van der Waals surface area contributed by atoms with Gasteiger partial charge < -0.3 is 10.6 Å². The summed E-state index contributed by atoms with van der Waals surface area (Å²) in [6.07, 6.45) is 3.65. The normalized spacial score (nSPS) is 30.2. The smallest absolute Gasteiger partial charge is 0.226 e. The van der Waals surface area contributed by atoms with E-state index in [1.807, 2.05) is 11.0 Å². The Bertz CT molecular complexity index is 336. The van der Waals surface area contributed by atoms with E-state index in [2.05, 4.69) is 41.2 Å². The van der Waals surface area contributed by atoms with E-state index in [1.165, 1.54) is 0 Å². The maximum Gasteiger partial charge on any atom is 0.226 e. The molecule has 3 heteroatoms. The molecule has 0 heterocycles. The van der Waals surface area contributed by atoms with Crippen molar-refractivity contribution in [3.05, 3.63) is 12.7 Å². The summed E-state index contributed by atoms with van der Waals surface area (Å²) in [5.74, 6) is 0.705. The molecule has 0 aromatic heterocycles. The number of carbonyl (C=O) groups excluding carboxylic acids is 1. The van der Waals surface area contributed by atoms with Crippen LogP contribution in [0.3, 0.4) is 0 Å². The molecule has 0 saturated heterocycles. The zero-order valence-corrected chi connectivity index (χ0v) is 13.1. The van der Waals surface area contributed by atoms with Gasteiger partial charge in [0.2, 0.25) is 5.91 Å². The molecular formula is C16H30N2O. The first kappa shape index (κ1) is 16.2. The van der Waals surface area contributed by atoms with Crippen LogP contribution in [0, 0.1) is 17.3 Å². The monoisotopic (exact) mass is 266 g/mol. The van der Waals surface area contributed by atoms with Gasteiger partial charge in [0, 0.05) is 24.5 Å². The third-order valence-electron chi connectivity index (χ3n) is 5.03. The molecule has 19 heavy (non-hydrogen) atoms. The predicted molar refractivity (Wildman–Crippen MR) is 80.7 cm³/mol. The van der Waals surface area contributed by atoms with Crippen LogP contribution in [-0.2, 0) is 4.79 Å². The molecule has 1 saturated carbocycles. The summed E-state index contributed by atoms with van der Waals surface area (Å²) in [5.41, 5.74) is 6.13. The van der Waals surface area contributed by atoms with E-state index < -0.39 is 0 Å². The number of carbonyl (C=O) groups is 1. The van der Waals surface area contributed by atoms with Crippen molar-refractivity contribution in [2.24, 2.45) is 23.0 Å². The first-order chi connectivity index (χ1) is 8.73. The fourth-order valence-electron chi connectivity index (χ4n) is 3.19. The van der Waals surface area contributed by atoms with Crippen LogP contribution in [0.2, 0.25) is 0 Å². The third kappa shape index (κ3) is 3.19. The van der Waals surface area contributed by atoms with Gasteiger partial charge in [-0.15, -0.1) is 6.58 Å². The average molecular weight is 266 g/mol. The summed E-state index contributed by atoms with van der Waals surface area (Å²) in [5, 5.41) is 0. The van der Waals surface area contributed by atoms with Gasteiger partial charge >= 0.3 is 0 Å². The van der Waals surface area contributed by atoms with E-state index in [4.69, 9.17) is 5.73 Å². The average Bonchev–Trinajstić information content (AvgIpc) is 2.32. The molecule has 0 bridgehead atoms. The number of hydrogen-bond acceptors (Lipinski definition) is 2. The fourth-order valence-corrected chi connectivity index (χ4v) is 3.19. The Hall–Kier alpha value is -0.830. The van der Waals surface area contributed by atoms with E-state index in [0.717, 1.165) is 12.8 Å². The zero-order valence-electron chi connectivity index (χ0n) is 13.1. The Labute approximate surface area is 118 Å². The van der Waals surface area contributed by atoms with Crippen LogP contribution in [0.1, 0.15) is 47.5 Å². The molecular weight excluding hydrogens is 236 g/mol. The van der Waals surface area contributed by atoms with E-state index >= 15 is 0 Å². The molecule has 1 rings (SSSR count). The van der Waals surface area contributed by atoms with Gasteiger partial charge in [-0.25, -0.2) is 0 Å². The summed E-state index contributed by atoms with van der Waals surface area (Å²) >= 11 is 0. The van der Waals surface area contributed by atoms with Crippen LogP contribution in [0.4, 0.5) is 0 Å². The molecule has 1 fully saturated rings. The van der Waals surface area contributed by atoms with E-state index in [1.54, 1.807) is 0 Å². The minimum Gasteiger partial charge on any atom is -0.336 e. The second-order valence-electron chi connectivity index (χ2n) is 6.78. The minimum atomic E-state index is -0.0386. The standard InChI is InChI=1S/C16H30N2O/c1-7-10-18(11(2)3)15(19)13-8-9-14(17)12(4)16(13,5)6/h7,11-14H,1,8-10,17H2,2-6H3. The summed E-state index contributed by atoms with van der Waals surface area (Å²) < 4.78 is 0. The number of nitrogens with zero attached hydrogens (tertiary/aromatic N) is 1. The Balaban J connectivity index is 2.94. The highest BCUT2D eigenvalue weighted by molar-refractivity contribution is 5.80. The largest absolute Gasteiger partial charge is 0.336 e. The summed E-state index contributed by atoms with van der Waals surface area (Å²) in [4.78, 5) is 14.8. The van der Waals surface area contributed by atoms with Gasteiger partial charge in [-0.3, -0.25) is 4.79 Å². The van der Waals surface area contributed by atoms with Crippen LogP contribution in [0.15, 0.2) is 12.7 Å². The highest BCUT2D eigenvalue weighted by Crippen LogP contribution is 2.45. The number of amides is 1. The van der Waals surface area contributed by atoms with Crippen molar-refractivity contribution in [3.63, 3.8) is 0 Å².